The maximum Gasteiger partial charge on any atom is 0.416 e. The van der Waals surface area contributed by atoms with E-state index in [9.17, 15) is 23.1 Å². The van der Waals surface area contributed by atoms with Gasteiger partial charge in [-0.25, -0.2) is 0 Å². The number of carbonyl (C=O) groups excluding carboxylic acids is 1. The Bertz CT molecular complexity index is 768. The summed E-state index contributed by atoms with van der Waals surface area (Å²) in [6.45, 7) is 3.07. The number of piperazine rings is 1. The van der Waals surface area contributed by atoms with Gasteiger partial charge in [0.05, 0.1) is 12.1 Å². The summed E-state index contributed by atoms with van der Waals surface area (Å²) in [6.07, 6.45) is -4.39. The molecule has 5 nitrogen and oxygen atoms in total. The minimum absolute atomic E-state index is 0.185. The smallest absolute Gasteiger partial charge is 0.416 e. The zero-order chi connectivity index (χ0) is 19.4. The van der Waals surface area contributed by atoms with Gasteiger partial charge in [-0.15, -0.1) is 0 Å². The molecule has 0 bridgehead atoms. The minimum atomic E-state index is -4.39. The molecule has 144 valence electrons. The van der Waals surface area contributed by atoms with Crippen molar-refractivity contribution in [3.05, 3.63) is 54.1 Å². The lowest BCUT2D eigenvalue weighted by molar-refractivity contribution is -0.137. The maximum absolute atomic E-state index is 12.6. The number of amides is 1. The van der Waals surface area contributed by atoms with Crippen LogP contribution < -0.4 is 10.2 Å². The fourth-order valence-electron chi connectivity index (χ4n) is 2.97. The van der Waals surface area contributed by atoms with Crippen LogP contribution in [0.15, 0.2) is 48.5 Å². The van der Waals surface area contributed by atoms with Crippen molar-refractivity contribution in [3.63, 3.8) is 0 Å². The summed E-state index contributed by atoms with van der Waals surface area (Å²) in [5.41, 5.74) is 0.614. The van der Waals surface area contributed by atoms with Crippen molar-refractivity contribution in [3.8, 4) is 5.75 Å². The lowest BCUT2D eigenvalue weighted by atomic mass is 10.2. The van der Waals surface area contributed by atoms with E-state index in [1.807, 2.05) is 17.0 Å². The standard InChI is InChI=1S/C19H20F3N3O2/c20-19(21,22)14-1-3-15(4-2-14)23-18(27)13-24-9-11-25(12-10-24)16-5-7-17(26)8-6-16/h1-8,26H,9-13H2,(H,23,27). The first-order valence-corrected chi connectivity index (χ1v) is 8.55. The number of nitrogens with one attached hydrogen (secondary N) is 1. The van der Waals surface area contributed by atoms with Gasteiger partial charge in [0, 0.05) is 37.6 Å². The fraction of sp³-hybridized carbons (Fsp3) is 0.316. The second kappa shape index (κ2) is 7.87. The van der Waals surface area contributed by atoms with Gasteiger partial charge in [0.2, 0.25) is 5.91 Å². The summed E-state index contributed by atoms with van der Waals surface area (Å²) in [5.74, 6) is -0.0369. The van der Waals surface area contributed by atoms with Crippen LogP contribution in [0.4, 0.5) is 24.5 Å². The van der Waals surface area contributed by atoms with Crippen molar-refractivity contribution < 1.29 is 23.1 Å². The number of alkyl halides is 3. The first-order chi connectivity index (χ1) is 12.8. The average Bonchev–Trinajstić information content (AvgIpc) is 2.63. The van der Waals surface area contributed by atoms with Crippen molar-refractivity contribution in [1.29, 1.82) is 0 Å². The molecule has 1 saturated heterocycles. The van der Waals surface area contributed by atoms with Crippen LogP contribution in [0.3, 0.4) is 0 Å². The van der Waals surface area contributed by atoms with Crippen molar-refractivity contribution in [1.82, 2.24) is 4.90 Å². The molecule has 8 heteroatoms. The van der Waals surface area contributed by atoms with Crippen LogP contribution in [0.2, 0.25) is 0 Å². The summed E-state index contributed by atoms with van der Waals surface area (Å²) in [5, 5.41) is 12.0. The predicted molar refractivity (Wildman–Crippen MR) is 96.8 cm³/mol. The Morgan fingerprint density at radius 2 is 1.56 bits per heavy atom. The SMILES string of the molecule is O=C(CN1CCN(c2ccc(O)cc2)CC1)Nc1ccc(C(F)(F)F)cc1. The number of hydrogen-bond donors (Lipinski definition) is 2. The van der Waals surface area contributed by atoms with E-state index in [4.69, 9.17) is 0 Å². The highest BCUT2D eigenvalue weighted by Crippen LogP contribution is 2.29. The molecular weight excluding hydrogens is 359 g/mol. The van der Waals surface area contributed by atoms with Gasteiger partial charge < -0.3 is 15.3 Å². The molecule has 0 aromatic heterocycles. The molecule has 2 aromatic rings. The highest BCUT2D eigenvalue weighted by Gasteiger charge is 2.30. The van der Waals surface area contributed by atoms with Gasteiger partial charge in [0.25, 0.3) is 0 Å². The van der Waals surface area contributed by atoms with Gasteiger partial charge in [-0.2, -0.15) is 13.2 Å². The first-order valence-electron chi connectivity index (χ1n) is 8.55. The van der Waals surface area contributed by atoms with Crippen molar-refractivity contribution in [2.75, 3.05) is 42.9 Å². The Labute approximate surface area is 155 Å². The maximum atomic E-state index is 12.6. The molecule has 1 heterocycles. The zero-order valence-corrected chi connectivity index (χ0v) is 14.5. The Balaban J connectivity index is 1.47. The predicted octanol–water partition coefficient (Wildman–Crippen LogP) is 3.17. The van der Waals surface area contributed by atoms with Crippen LogP contribution in [0.1, 0.15) is 5.56 Å². The summed E-state index contributed by atoms with van der Waals surface area (Å²) < 4.78 is 37.7. The van der Waals surface area contributed by atoms with Gasteiger partial charge in [-0.05, 0) is 48.5 Å². The van der Waals surface area contributed by atoms with E-state index >= 15 is 0 Å². The minimum Gasteiger partial charge on any atom is -0.508 e. The molecule has 2 N–H and O–H groups in total. The molecule has 1 fully saturated rings. The third-order valence-corrected chi connectivity index (χ3v) is 4.45. The van der Waals surface area contributed by atoms with E-state index in [0.29, 0.717) is 18.8 Å². The highest BCUT2D eigenvalue weighted by atomic mass is 19.4. The van der Waals surface area contributed by atoms with Crippen LogP contribution >= 0.6 is 0 Å². The third-order valence-electron chi connectivity index (χ3n) is 4.45. The zero-order valence-electron chi connectivity index (χ0n) is 14.5. The first kappa shape index (κ1) is 19.0. The normalized spacial score (nSPS) is 15.6. The number of aromatic hydroxyl groups is 1. The Kier molecular flexibility index (Phi) is 5.55. The second-order valence-corrected chi connectivity index (χ2v) is 6.40. The van der Waals surface area contributed by atoms with Crippen LogP contribution in [-0.4, -0.2) is 48.6 Å². The molecule has 1 amide bonds. The molecule has 0 atom stereocenters. The fourth-order valence-corrected chi connectivity index (χ4v) is 2.97. The number of hydrogen-bond acceptors (Lipinski definition) is 4. The largest absolute Gasteiger partial charge is 0.508 e. The Hall–Kier alpha value is -2.74. The van der Waals surface area contributed by atoms with E-state index in [-0.39, 0.29) is 18.2 Å². The molecule has 0 unspecified atom stereocenters. The summed E-state index contributed by atoms with van der Waals surface area (Å²) in [6, 6.07) is 11.4. The summed E-state index contributed by atoms with van der Waals surface area (Å²) >= 11 is 0. The quantitative estimate of drug-likeness (QED) is 0.857. The van der Waals surface area contributed by atoms with Gasteiger partial charge >= 0.3 is 6.18 Å². The second-order valence-electron chi connectivity index (χ2n) is 6.40. The molecule has 1 aliphatic rings. The van der Waals surface area contributed by atoms with E-state index in [0.717, 1.165) is 30.9 Å². The molecule has 0 spiro atoms. The number of rotatable bonds is 4. The van der Waals surface area contributed by atoms with Gasteiger partial charge in [0.1, 0.15) is 5.75 Å². The van der Waals surface area contributed by atoms with Crippen molar-refractivity contribution in [2.45, 2.75) is 6.18 Å². The molecule has 1 aliphatic heterocycles. The van der Waals surface area contributed by atoms with Crippen LogP contribution in [0.25, 0.3) is 0 Å². The van der Waals surface area contributed by atoms with E-state index in [1.165, 1.54) is 12.1 Å². The molecule has 0 radical (unpaired) electrons. The molecule has 2 aromatic carbocycles. The summed E-state index contributed by atoms with van der Waals surface area (Å²) in [4.78, 5) is 16.3. The van der Waals surface area contributed by atoms with Gasteiger partial charge in [0.15, 0.2) is 0 Å². The number of phenols is 1. The monoisotopic (exact) mass is 379 g/mol. The number of benzene rings is 2. The van der Waals surface area contributed by atoms with Crippen molar-refractivity contribution in [2.24, 2.45) is 0 Å². The van der Waals surface area contributed by atoms with Crippen LogP contribution in [-0.2, 0) is 11.0 Å². The van der Waals surface area contributed by atoms with E-state index in [1.54, 1.807) is 12.1 Å². The molecule has 0 aliphatic carbocycles. The topological polar surface area (TPSA) is 55.8 Å². The number of anilines is 2. The third kappa shape index (κ3) is 5.13. The van der Waals surface area contributed by atoms with Crippen LogP contribution in [0, 0.1) is 0 Å². The molecule has 0 saturated carbocycles. The number of phenolic OH excluding ortho intramolecular Hbond substituents is 1. The highest BCUT2D eigenvalue weighted by molar-refractivity contribution is 5.92. The number of nitrogens with zero attached hydrogens (tertiary/aromatic N) is 2. The molecule has 27 heavy (non-hydrogen) atoms. The summed E-state index contributed by atoms with van der Waals surface area (Å²) in [7, 11) is 0. The molecule has 3 rings (SSSR count). The lowest BCUT2D eigenvalue weighted by Gasteiger charge is -2.35. The van der Waals surface area contributed by atoms with E-state index < -0.39 is 11.7 Å². The Morgan fingerprint density at radius 1 is 0.963 bits per heavy atom. The average molecular weight is 379 g/mol. The molecular formula is C19H20F3N3O2. The van der Waals surface area contributed by atoms with Crippen LogP contribution in [0.5, 0.6) is 5.75 Å². The van der Waals surface area contributed by atoms with Gasteiger partial charge in [-0.3, -0.25) is 9.69 Å². The van der Waals surface area contributed by atoms with Crippen molar-refractivity contribution >= 4 is 17.3 Å². The Morgan fingerprint density at radius 3 is 2.11 bits per heavy atom. The van der Waals surface area contributed by atoms with Gasteiger partial charge in [-0.1, -0.05) is 0 Å². The number of halogens is 3. The lowest BCUT2D eigenvalue weighted by Crippen LogP contribution is -2.48. The van der Waals surface area contributed by atoms with E-state index in [2.05, 4.69) is 10.2 Å². The number of carbonyl (C=O) groups is 1.